The normalized spacial score (nSPS) is 11.3. The van der Waals surface area contributed by atoms with E-state index in [0.717, 1.165) is 30.5 Å². The molecule has 0 aliphatic heterocycles. The summed E-state index contributed by atoms with van der Waals surface area (Å²) in [6.45, 7) is 0. The predicted molar refractivity (Wildman–Crippen MR) is 81.6 cm³/mol. The second kappa shape index (κ2) is 6.13. The fourth-order valence-electron chi connectivity index (χ4n) is 1.69. The zero-order chi connectivity index (χ0) is 16.5. The minimum absolute atomic E-state index is 0.154. The molecule has 0 atom stereocenters. The SMILES string of the molecule is CS(=O)(=O)c1ccc(F)c(NC(=O)c2cc(Br)ccc2F)c1. The van der Waals surface area contributed by atoms with Crippen molar-refractivity contribution in [2.45, 2.75) is 4.90 Å². The molecule has 0 heterocycles. The molecule has 0 aliphatic carbocycles. The molecule has 22 heavy (non-hydrogen) atoms. The quantitative estimate of drug-likeness (QED) is 0.818. The molecule has 4 nitrogen and oxygen atoms in total. The van der Waals surface area contributed by atoms with Gasteiger partial charge in [-0.25, -0.2) is 17.2 Å². The van der Waals surface area contributed by atoms with E-state index in [0.29, 0.717) is 4.47 Å². The number of sulfone groups is 1. The van der Waals surface area contributed by atoms with Gasteiger partial charge in [0, 0.05) is 10.7 Å². The van der Waals surface area contributed by atoms with Gasteiger partial charge in [0.2, 0.25) is 0 Å². The first-order valence-corrected chi connectivity index (χ1v) is 8.63. The van der Waals surface area contributed by atoms with Gasteiger partial charge in [-0.3, -0.25) is 4.79 Å². The van der Waals surface area contributed by atoms with Gasteiger partial charge in [-0.05, 0) is 36.4 Å². The molecule has 0 unspecified atom stereocenters. The molecule has 0 saturated heterocycles. The maximum absolute atomic E-state index is 13.7. The standard InChI is InChI=1S/C14H10BrF2NO3S/c1-22(20,21)9-3-5-12(17)13(7-9)18-14(19)10-6-8(15)2-4-11(10)16/h2-7H,1H3,(H,18,19). The van der Waals surface area contributed by atoms with E-state index in [-0.39, 0.29) is 16.1 Å². The highest BCUT2D eigenvalue weighted by molar-refractivity contribution is 9.10. The summed E-state index contributed by atoms with van der Waals surface area (Å²) in [5.41, 5.74) is -0.633. The van der Waals surface area contributed by atoms with Crippen molar-refractivity contribution < 1.29 is 22.0 Å². The van der Waals surface area contributed by atoms with Gasteiger partial charge >= 0.3 is 0 Å². The summed E-state index contributed by atoms with van der Waals surface area (Å²) < 4.78 is 50.7. The van der Waals surface area contributed by atoms with Gasteiger partial charge in [-0.1, -0.05) is 15.9 Å². The summed E-state index contributed by atoms with van der Waals surface area (Å²) in [5.74, 6) is -2.49. The number of halogens is 3. The fraction of sp³-hybridized carbons (Fsp3) is 0.0714. The number of carbonyl (C=O) groups excluding carboxylic acids is 1. The lowest BCUT2D eigenvalue weighted by Gasteiger charge is -2.09. The molecule has 2 aromatic carbocycles. The molecular formula is C14H10BrF2NO3S. The van der Waals surface area contributed by atoms with Crippen molar-refractivity contribution in [3.8, 4) is 0 Å². The van der Waals surface area contributed by atoms with Gasteiger partial charge in [-0.15, -0.1) is 0 Å². The van der Waals surface area contributed by atoms with Crippen LogP contribution in [-0.2, 0) is 9.84 Å². The zero-order valence-electron chi connectivity index (χ0n) is 11.2. The minimum Gasteiger partial charge on any atom is -0.319 e. The van der Waals surface area contributed by atoms with Gasteiger partial charge in [0.05, 0.1) is 16.1 Å². The van der Waals surface area contributed by atoms with Gasteiger partial charge in [-0.2, -0.15) is 0 Å². The summed E-state index contributed by atoms with van der Waals surface area (Å²) in [6, 6.07) is 6.73. The highest BCUT2D eigenvalue weighted by Gasteiger charge is 2.16. The Kier molecular flexibility index (Phi) is 4.62. The lowest BCUT2D eigenvalue weighted by Crippen LogP contribution is -2.15. The highest BCUT2D eigenvalue weighted by atomic mass is 79.9. The fourth-order valence-corrected chi connectivity index (χ4v) is 2.70. The van der Waals surface area contributed by atoms with Crippen LogP contribution in [0.3, 0.4) is 0 Å². The van der Waals surface area contributed by atoms with Crippen molar-refractivity contribution in [2.75, 3.05) is 11.6 Å². The first-order valence-electron chi connectivity index (χ1n) is 5.94. The summed E-state index contributed by atoms with van der Waals surface area (Å²) in [4.78, 5) is 11.9. The van der Waals surface area contributed by atoms with Crippen molar-refractivity contribution in [2.24, 2.45) is 0 Å². The molecule has 116 valence electrons. The van der Waals surface area contributed by atoms with Gasteiger partial charge in [0.1, 0.15) is 11.6 Å². The van der Waals surface area contributed by atoms with Crippen LogP contribution in [0, 0.1) is 11.6 Å². The Morgan fingerprint density at radius 1 is 1.09 bits per heavy atom. The van der Waals surface area contributed by atoms with Crippen molar-refractivity contribution in [3.63, 3.8) is 0 Å². The monoisotopic (exact) mass is 389 g/mol. The molecular weight excluding hydrogens is 380 g/mol. The highest BCUT2D eigenvalue weighted by Crippen LogP contribution is 2.22. The number of benzene rings is 2. The van der Waals surface area contributed by atoms with Crippen LogP contribution in [0.15, 0.2) is 45.8 Å². The predicted octanol–water partition coefficient (Wildman–Crippen LogP) is 3.38. The van der Waals surface area contributed by atoms with Crippen LogP contribution in [-0.4, -0.2) is 20.6 Å². The van der Waals surface area contributed by atoms with Crippen LogP contribution in [0.1, 0.15) is 10.4 Å². The molecule has 0 radical (unpaired) electrons. The lowest BCUT2D eigenvalue weighted by atomic mass is 10.2. The first-order chi connectivity index (χ1) is 10.2. The third kappa shape index (κ3) is 3.69. The maximum Gasteiger partial charge on any atom is 0.258 e. The molecule has 1 N–H and O–H groups in total. The van der Waals surface area contributed by atoms with Crippen LogP contribution in [0.25, 0.3) is 0 Å². The molecule has 0 saturated carbocycles. The molecule has 0 spiro atoms. The summed E-state index contributed by atoms with van der Waals surface area (Å²) in [6.07, 6.45) is 0.958. The Morgan fingerprint density at radius 2 is 1.73 bits per heavy atom. The molecule has 0 bridgehead atoms. The van der Waals surface area contributed by atoms with E-state index in [2.05, 4.69) is 21.2 Å². The second-order valence-electron chi connectivity index (χ2n) is 4.49. The largest absolute Gasteiger partial charge is 0.319 e. The van der Waals surface area contributed by atoms with E-state index in [9.17, 15) is 22.0 Å². The molecule has 0 aromatic heterocycles. The Balaban J connectivity index is 2.38. The van der Waals surface area contributed by atoms with E-state index in [1.54, 1.807) is 0 Å². The average Bonchev–Trinajstić information content (AvgIpc) is 2.42. The lowest BCUT2D eigenvalue weighted by molar-refractivity contribution is 0.102. The van der Waals surface area contributed by atoms with E-state index in [1.807, 2.05) is 0 Å². The smallest absolute Gasteiger partial charge is 0.258 e. The van der Waals surface area contributed by atoms with Crippen molar-refractivity contribution in [1.82, 2.24) is 0 Å². The van der Waals surface area contributed by atoms with Crippen LogP contribution in [0.2, 0.25) is 0 Å². The molecule has 1 amide bonds. The van der Waals surface area contributed by atoms with Crippen LogP contribution in [0.4, 0.5) is 14.5 Å². The van der Waals surface area contributed by atoms with Crippen molar-refractivity contribution in [3.05, 3.63) is 58.1 Å². The topological polar surface area (TPSA) is 63.2 Å². The number of hydrogen-bond donors (Lipinski definition) is 1. The number of anilines is 1. The summed E-state index contributed by atoms with van der Waals surface area (Å²) >= 11 is 3.10. The van der Waals surface area contributed by atoms with Crippen LogP contribution >= 0.6 is 15.9 Å². The number of hydrogen-bond acceptors (Lipinski definition) is 3. The minimum atomic E-state index is -3.56. The first kappa shape index (κ1) is 16.6. The Hall–Kier alpha value is -1.80. The Bertz CT molecular complexity index is 853. The molecule has 0 aliphatic rings. The third-order valence-corrected chi connectivity index (χ3v) is 4.39. The zero-order valence-corrected chi connectivity index (χ0v) is 13.6. The van der Waals surface area contributed by atoms with Gasteiger partial charge in [0.15, 0.2) is 9.84 Å². The number of carbonyl (C=O) groups is 1. The molecule has 0 fully saturated rings. The van der Waals surface area contributed by atoms with E-state index in [4.69, 9.17) is 0 Å². The number of amides is 1. The Labute approximate surface area is 134 Å². The average molecular weight is 390 g/mol. The maximum atomic E-state index is 13.7. The molecule has 2 aromatic rings. The van der Waals surface area contributed by atoms with Crippen molar-refractivity contribution in [1.29, 1.82) is 0 Å². The van der Waals surface area contributed by atoms with Crippen molar-refractivity contribution >= 4 is 37.4 Å². The summed E-state index contributed by atoms with van der Waals surface area (Å²) in [5, 5.41) is 2.17. The van der Waals surface area contributed by atoms with Crippen LogP contribution < -0.4 is 5.32 Å². The second-order valence-corrected chi connectivity index (χ2v) is 7.42. The number of nitrogens with one attached hydrogen (secondary N) is 1. The summed E-state index contributed by atoms with van der Waals surface area (Å²) in [7, 11) is -3.56. The van der Waals surface area contributed by atoms with E-state index >= 15 is 0 Å². The third-order valence-electron chi connectivity index (χ3n) is 2.79. The van der Waals surface area contributed by atoms with E-state index < -0.39 is 27.4 Å². The van der Waals surface area contributed by atoms with Crippen LogP contribution in [0.5, 0.6) is 0 Å². The van der Waals surface area contributed by atoms with Gasteiger partial charge < -0.3 is 5.32 Å². The Morgan fingerprint density at radius 3 is 2.36 bits per heavy atom. The van der Waals surface area contributed by atoms with E-state index in [1.165, 1.54) is 12.1 Å². The van der Waals surface area contributed by atoms with Gasteiger partial charge in [0.25, 0.3) is 5.91 Å². The molecule has 8 heteroatoms. The molecule has 2 rings (SSSR count). The number of rotatable bonds is 3.